The van der Waals surface area contributed by atoms with Crippen molar-refractivity contribution in [1.29, 1.82) is 0 Å². The van der Waals surface area contributed by atoms with Crippen LogP contribution >= 0.6 is 0 Å². The minimum absolute atomic E-state index is 0.122. The third-order valence-electron chi connectivity index (χ3n) is 3.36. The van der Waals surface area contributed by atoms with E-state index in [1.807, 2.05) is 36.4 Å². The smallest absolute Gasteiger partial charge is 0.123 e. The Morgan fingerprint density at radius 3 is 2.52 bits per heavy atom. The summed E-state index contributed by atoms with van der Waals surface area (Å²) in [4.78, 5) is 2.17. The van der Waals surface area contributed by atoms with Gasteiger partial charge in [0.25, 0.3) is 0 Å². The Hall–Kier alpha value is -2.04. The van der Waals surface area contributed by atoms with E-state index in [0.29, 0.717) is 13.1 Å². The van der Waals surface area contributed by atoms with E-state index in [1.54, 1.807) is 7.11 Å². The minimum atomic E-state index is 0.122. The van der Waals surface area contributed by atoms with Crippen molar-refractivity contribution in [2.24, 2.45) is 0 Å². The number of nitrogen functional groups attached to an aromatic ring is 1. The molecular formula is C17H22N2O2. The molecule has 0 aliphatic carbocycles. The molecule has 0 aromatic heterocycles. The normalized spacial score (nSPS) is 10.8. The summed E-state index contributed by atoms with van der Waals surface area (Å²) in [7, 11) is 1.66. The molecule has 4 heteroatoms. The third kappa shape index (κ3) is 4.48. The van der Waals surface area contributed by atoms with Gasteiger partial charge in [0.05, 0.1) is 13.7 Å². The molecule has 0 atom stereocenters. The molecule has 0 heterocycles. The van der Waals surface area contributed by atoms with Gasteiger partial charge in [-0.3, -0.25) is 4.90 Å². The minimum Gasteiger partial charge on any atom is -0.496 e. The van der Waals surface area contributed by atoms with E-state index in [-0.39, 0.29) is 6.61 Å². The van der Waals surface area contributed by atoms with Gasteiger partial charge in [0.1, 0.15) is 5.75 Å². The number of ether oxygens (including phenoxy) is 1. The predicted molar refractivity (Wildman–Crippen MR) is 85.0 cm³/mol. The zero-order chi connectivity index (χ0) is 15.1. The van der Waals surface area contributed by atoms with Crippen LogP contribution in [0.25, 0.3) is 0 Å². The molecule has 0 radical (unpaired) electrons. The number of anilines is 1. The first-order valence-electron chi connectivity index (χ1n) is 7.02. The van der Waals surface area contributed by atoms with Gasteiger partial charge in [-0.25, -0.2) is 0 Å². The second-order valence-electron chi connectivity index (χ2n) is 4.99. The van der Waals surface area contributed by atoms with E-state index in [9.17, 15) is 5.11 Å². The summed E-state index contributed by atoms with van der Waals surface area (Å²) >= 11 is 0. The standard InChI is InChI=1S/C17H22N2O2/c1-21-17-8-7-16(18)11-15(17)13-19(9-10-20)12-14-5-3-2-4-6-14/h2-8,11,20H,9-10,12-13,18H2,1H3. The average Bonchev–Trinajstić information content (AvgIpc) is 2.49. The molecule has 2 aromatic rings. The fourth-order valence-electron chi connectivity index (χ4n) is 2.36. The van der Waals surface area contributed by atoms with Crippen molar-refractivity contribution in [3.63, 3.8) is 0 Å². The van der Waals surface area contributed by atoms with Gasteiger partial charge in [-0.05, 0) is 23.8 Å². The quantitative estimate of drug-likeness (QED) is 0.767. The van der Waals surface area contributed by atoms with Crippen LogP contribution in [0, 0.1) is 0 Å². The highest BCUT2D eigenvalue weighted by molar-refractivity contribution is 5.47. The maximum atomic E-state index is 9.28. The number of aliphatic hydroxyl groups excluding tert-OH is 1. The summed E-state index contributed by atoms with van der Waals surface area (Å²) in [6.07, 6.45) is 0. The lowest BCUT2D eigenvalue weighted by Gasteiger charge is -2.22. The van der Waals surface area contributed by atoms with Crippen LogP contribution in [0.2, 0.25) is 0 Å². The van der Waals surface area contributed by atoms with Crippen molar-refractivity contribution in [2.75, 3.05) is 26.0 Å². The molecule has 0 fully saturated rings. The van der Waals surface area contributed by atoms with E-state index in [0.717, 1.165) is 23.5 Å². The van der Waals surface area contributed by atoms with Crippen LogP contribution in [0.5, 0.6) is 5.75 Å². The Bertz CT molecular complexity index is 558. The summed E-state index contributed by atoms with van der Waals surface area (Å²) in [5.74, 6) is 0.820. The van der Waals surface area contributed by atoms with Gasteiger partial charge in [0, 0.05) is 30.9 Å². The van der Waals surface area contributed by atoms with Gasteiger partial charge in [-0.15, -0.1) is 0 Å². The van der Waals surface area contributed by atoms with Crippen LogP contribution in [0.1, 0.15) is 11.1 Å². The van der Waals surface area contributed by atoms with Gasteiger partial charge in [0.15, 0.2) is 0 Å². The summed E-state index contributed by atoms with van der Waals surface area (Å²) < 4.78 is 5.38. The number of hydrogen-bond acceptors (Lipinski definition) is 4. The van der Waals surface area contributed by atoms with E-state index < -0.39 is 0 Å². The second kappa shape index (κ2) is 7.67. The molecule has 0 unspecified atom stereocenters. The number of methoxy groups -OCH3 is 1. The Kier molecular flexibility index (Phi) is 5.60. The van der Waals surface area contributed by atoms with E-state index in [4.69, 9.17) is 10.5 Å². The van der Waals surface area contributed by atoms with Gasteiger partial charge in [0.2, 0.25) is 0 Å². The molecule has 2 rings (SSSR count). The third-order valence-corrected chi connectivity index (χ3v) is 3.36. The highest BCUT2D eigenvalue weighted by Gasteiger charge is 2.10. The molecule has 3 N–H and O–H groups in total. The Morgan fingerprint density at radius 1 is 1.10 bits per heavy atom. The lowest BCUT2D eigenvalue weighted by molar-refractivity contribution is 0.183. The number of nitrogens with zero attached hydrogens (tertiary/aromatic N) is 1. The van der Waals surface area contributed by atoms with Crippen molar-refractivity contribution in [3.8, 4) is 5.75 Å². The van der Waals surface area contributed by atoms with Crippen LogP contribution < -0.4 is 10.5 Å². The van der Waals surface area contributed by atoms with Gasteiger partial charge >= 0.3 is 0 Å². The lowest BCUT2D eigenvalue weighted by Crippen LogP contribution is -2.26. The summed E-state index contributed by atoms with van der Waals surface area (Å²) in [5, 5.41) is 9.28. The molecule has 0 amide bonds. The number of nitrogens with two attached hydrogens (primary N) is 1. The SMILES string of the molecule is COc1ccc(N)cc1CN(CCO)Cc1ccccc1. The molecule has 0 aliphatic rings. The Labute approximate surface area is 125 Å². The van der Waals surface area contributed by atoms with Crippen molar-refractivity contribution in [1.82, 2.24) is 4.90 Å². The molecule has 4 nitrogen and oxygen atoms in total. The highest BCUT2D eigenvalue weighted by atomic mass is 16.5. The van der Waals surface area contributed by atoms with Crippen LogP contribution in [0.15, 0.2) is 48.5 Å². The Balaban J connectivity index is 2.14. The number of hydrogen-bond donors (Lipinski definition) is 2. The Morgan fingerprint density at radius 2 is 1.86 bits per heavy atom. The largest absolute Gasteiger partial charge is 0.496 e. The van der Waals surface area contributed by atoms with E-state index in [2.05, 4.69) is 17.0 Å². The summed E-state index contributed by atoms with van der Waals surface area (Å²) in [6.45, 7) is 2.19. The maximum Gasteiger partial charge on any atom is 0.123 e. The molecule has 0 saturated carbocycles. The van der Waals surface area contributed by atoms with Crippen LogP contribution in [0.3, 0.4) is 0 Å². The molecular weight excluding hydrogens is 264 g/mol. The van der Waals surface area contributed by atoms with Crippen LogP contribution in [-0.4, -0.2) is 30.3 Å². The molecule has 0 bridgehead atoms. The average molecular weight is 286 g/mol. The predicted octanol–water partition coefficient (Wildman–Crippen LogP) is 2.27. The molecule has 112 valence electrons. The summed E-state index contributed by atoms with van der Waals surface area (Å²) in [5.41, 5.74) is 8.82. The number of rotatable bonds is 7. The molecule has 21 heavy (non-hydrogen) atoms. The molecule has 0 saturated heterocycles. The fraction of sp³-hybridized carbons (Fsp3) is 0.294. The van der Waals surface area contributed by atoms with Gasteiger partial charge < -0.3 is 15.6 Å². The lowest BCUT2D eigenvalue weighted by atomic mass is 10.1. The number of aliphatic hydroxyl groups is 1. The molecule has 0 aliphatic heterocycles. The van der Waals surface area contributed by atoms with Crippen molar-refractivity contribution < 1.29 is 9.84 Å². The zero-order valence-electron chi connectivity index (χ0n) is 12.3. The van der Waals surface area contributed by atoms with Crippen LogP contribution in [0.4, 0.5) is 5.69 Å². The van der Waals surface area contributed by atoms with Crippen molar-refractivity contribution in [3.05, 3.63) is 59.7 Å². The maximum absolute atomic E-state index is 9.28. The van der Waals surface area contributed by atoms with E-state index >= 15 is 0 Å². The zero-order valence-corrected chi connectivity index (χ0v) is 12.3. The second-order valence-corrected chi connectivity index (χ2v) is 4.99. The number of benzene rings is 2. The molecule has 0 spiro atoms. The first-order valence-corrected chi connectivity index (χ1v) is 7.02. The monoisotopic (exact) mass is 286 g/mol. The first-order chi connectivity index (χ1) is 10.2. The van der Waals surface area contributed by atoms with Crippen molar-refractivity contribution in [2.45, 2.75) is 13.1 Å². The van der Waals surface area contributed by atoms with E-state index in [1.165, 1.54) is 5.56 Å². The van der Waals surface area contributed by atoms with Gasteiger partial charge in [-0.1, -0.05) is 30.3 Å². The topological polar surface area (TPSA) is 58.7 Å². The summed E-state index contributed by atoms with van der Waals surface area (Å²) in [6, 6.07) is 15.8. The first kappa shape index (κ1) is 15.4. The fourth-order valence-corrected chi connectivity index (χ4v) is 2.36. The highest BCUT2D eigenvalue weighted by Crippen LogP contribution is 2.23. The van der Waals surface area contributed by atoms with Gasteiger partial charge in [-0.2, -0.15) is 0 Å². The molecule has 2 aromatic carbocycles. The van der Waals surface area contributed by atoms with Crippen molar-refractivity contribution >= 4 is 5.69 Å². The van der Waals surface area contributed by atoms with Crippen LogP contribution in [-0.2, 0) is 13.1 Å².